The van der Waals surface area contributed by atoms with Crippen LogP contribution in [0, 0.1) is 0 Å². The van der Waals surface area contributed by atoms with E-state index in [2.05, 4.69) is 17.4 Å². The molecule has 18 heavy (non-hydrogen) atoms. The van der Waals surface area contributed by atoms with Gasteiger partial charge >= 0.3 is 0 Å². The van der Waals surface area contributed by atoms with Gasteiger partial charge in [-0.15, -0.1) is 0 Å². The zero-order chi connectivity index (χ0) is 13.0. The molecule has 0 spiro atoms. The number of carbonyl (C=O) groups is 1. The second kappa shape index (κ2) is 5.95. The minimum Gasteiger partial charge on any atom is -0.380 e. The van der Waals surface area contributed by atoms with Crippen LogP contribution in [0.25, 0.3) is 0 Å². The fraction of sp³-hybridized carbons (Fsp3) is 0.462. The molecule has 0 saturated carbocycles. The highest BCUT2D eigenvalue weighted by Crippen LogP contribution is 2.14. The predicted octanol–water partition coefficient (Wildman–Crippen LogP) is 0.511. The van der Waals surface area contributed by atoms with Gasteiger partial charge < -0.3 is 4.74 Å². The molecule has 1 fully saturated rings. The molecule has 1 aliphatic rings. The van der Waals surface area contributed by atoms with Crippen LogP contribution in [0.1, 0.15) is 22.3 Å². The average Bonchev–Trinajstić information content (AvgIpc) is 2.92. The van der Waals surface area contributed by atoms with Crippen molar-refractivity contribution in [2.75, 3.05) is 20.3 Å². The van der Waals surface area contributed by atoms with Gasteiger partial charge in [0.05, 0.1) is 6.61 Å². The van der Waals surface area contributed by atoms with E-state index in [1.165, 1.54) is 5.56 Å². The molecular weight excluding hydrogens is 230 g/mol. The molecule has 1 aliphatic heterocycles. The SMILES string of the molecule is CN(Cc1ccc(C(=O)NN)cc1)C1CCOC1. The third-order valence-corrected chi connectivity index (χ3v) is 3.31. The monoisotopic (exact) mass is 249 g/mol. The molecule has 2 rings (SSSR count). The topological polar surface area (TPSA) is 67.6 Å². The number of hydrazine groups is 1. The Balaban J connectivity index is 1.95. The average molecular weight is 249 g/mol. The quantitative estimate of drug-likeness (QED) is 0.463. The highest BCUT2D eigenvalue weighted by atomic mass is 16.5. The van der Waals surface area contributed by atoms with E-state index in [0.29, 0.717) is 11.6 Å². The van der Waals surface area contributed by atoms with Gasteiger partial charge in [-0.25, -0.2) is 5.84 Å². The van der Waals surface area contributed by atoms with E-state index in [9.17, 15) is 4.79 Å². The summed E-state index contributed by atoms with van der Waals surface area (Å²) in [5, 5.41) is 0. The molecule has 0 aromatic heterocycles. The molecule has 0 bridgehead atoms. The molecule has 1 heterocycles. The van der Waals surface area contributed by atoms with E-state index in [-0.39, 0.29) is 5.91 Å². The molecule has 0 aliphatic carbocycles. The summed E-state index contributed by atoms with van der Waals surface area (Å²) >= 11 is 0. The molecule has 3 N–H and O–H groups in total. The molecule has 1 unspecified atom stereocenters. The molecule has 5 nitrogen and oxygen atoms in total. The lowest BCUT2D eigenvalue weighted by molar-refractivity contribution is 0.0953. The van der Waals surface area contributed by atoms with Crippen molar-refractivity contribution in [3.8, 4) is 0 Å². The van der Waals surface area contributed by atoms with Crippen LogP contribution in [0.15, 0.2) is 24.3 Å². The summed E-state index contributed by atoms with van der Waals surface area (Å²) in [6, 6.07) is 7.98. The van der Waals surface area contributed by atoms with Crippen molar-refractivity contribution < 1.29 is 9.53 Å². The Morgan fingerprint density at radius 1 is 1.50 bits per heavy atom. The van der Waals surface area contributed by atoms with Crippen LogP contribution in [0.3, 0.4) is 0 Å². The van der Waals surface area contributed by atoms with Gasteiger partial charge in [0.25, 0.3) is 5.91 Å². The van der Waals surface area contributed by atoms with Gasteiger partial charge in [0, 0.05) is 24.8 Å². The van der Waals surface area contributed by atoms with Gasteiger partial charge in [-0.3, -0.25) is 15.1 Å². The van der Waals surface area contributed by atoms with E-state index in [4.69, 9.17) is 10.6 Å². The standard InChI is InChI=1S/C13H19N3O2/c1-16(12-6-7-18-9-12)8-10-2-4-11(5-3-10)13(17)15-14/h2-5,12H,6-9,14H2,1H3,(H,15,17). The maximum absolute atomic E-state index is 11.3. The van der Waals surface area contributed by atoms with Crippen LogP contribution in [-0.2, 0) is 11.3 Å². The Bertz CT molecular complexity index is 399. The summed E-state index contributed by atoms with van der Waals surface area (Å²) in [5.41, 5.74) is 3.88. The molecule has 1 aromatic carbocycles. The largest absolute Gasteiger partial charge is 0.380 e. The van der Waals surface area contributed by atoms with Gasteiger partial charge in [-0.05, 0) is 31.2 Å². The summed E-state index contributed by atoms with van der Waals surface area (Å²) in [5.74, 6) is 4.82. The van der Waals surface area contributed by atoms with E-state index >= 15 is 0 Å². The number of ether oxygens (including phenoxy) is 1. The molecule has 98 valence electrons. The van der Waals surface area contributed by atoms with Crippen molar-refractivity contribution in [2.45, 2.75) is 19.0 Å². The number of nitrogens with zero attached hydrogens (tertiary/aromatic N) is 1. The number of nitrogens with two attached hydrogens (primary N) is 1. The van der Waals surface area contributed by atoms with Crippen LogP contribution >= 0.6 is 0 Å². The number of likely N-dealkylation sites (N-methyl/N-ethyl adjacent to an activating group) is 1. The molecule has 5 heteroatoms. The third kappa shape index (κ3) is 3.07. The number of hydrogen-bond donors (Lipinski definition) is 2. The first-order chi connectivity index (χ1) is 8.70. The minimum absolute atomic E-state index is 0.265. The van der Waals surface area contributed by atoms with Crippen molar-refractivity contribution in [3.63, 3.8) is 0 Å². The van der Waals surface area contributed by atoms with Crippen LogP contribution < -0.4 is 11.3 Å². The van der Waals surface area contributed by atoms with Gasteiger partial charge in [0.15, 0.2) is 0 Å². The Labute approximate surface area is 107 Å². The number of hydrogen-bond acceptors (Lipinski definition) is 4. The lowest BCUT2D eigenvalue weighted by Gasteiger charge is -2.22. The number of nitrogens with one attached hydrogen (secondary N) is 1. The normalized spacial score (nSPS) is 19.2. The first-order valence-corrected chi connectivity index (χ1v) is 6.08. The predicted molar refractivity (Wildman–Crippen MR) is 68.8 cm³/mol. The second-order valence-corrected chi connectivity index (χ2v) is 4.60. The molecule has 0 radical (unpaired) electrons. The number of amides is 1. The lowest BCUT2D eigenvalue weighted by Crippen LogP contribution is -2.31. The van der Waals surface area contributed by atoms with E-state index in [1.54, 1.807) is 12.1 Å². The number of benzene rings is 1. The third-order valence-electron chi connectivity index (χ3n) is 3.31. The lowest BCUT2D eigenvalue weighted by atomic mass is 10.1. The summed E-state index contributed by atoms with van der Waals surface area (Å²) in [6.07, 6.45) is 1.09. The number of carbonyl (C=O) groups excluding carboxylic acids is 1. The molecule has 1 amide bonds. The molecule has 1 saturated heterocycles. The fourth-order valence-corrected chi connectivity index (χ4v) is 2.13. The zero-order valence-corrected chi connectivity index (χ0v) is 10.6. The van der Waals surface area contributed by atoms with Crippen LogP contribution in [-0.4, -0.2) is 37.1 Å². The molecular formula is C13H19N3O2. The summed E-state index contributed by atoms with van der Waals surface area (Å²) in [7, 11) is 2.10. The Morgan fingerprint density at radius 3 is 2.78 bits per heavy atom. The van der Waals surface area contributed by atoms with Crippen LogP contribution in [0.5, 0.6) is 0 Å². The van der Waals surface area contributed by atoms with Crippen molar-refractivity contribution in [1.82, 2.24) is 10.3 Å². The smallest absolute Gasteiger partial charge is 0.265 e. The highest BCUT2D eigenvalue weighted by Gasteiger charge is 2.20. The minimum atomic E-state index is -0.265. The van der Waals surface area contributed by atoms with E-state index in [0.717, 1.165) is 26.2 Å². The van der Waals surface area contributed by atoms with Crippen molar-refractivity contribution in [3.05, 3.63) is 35.4 Å². The Morgan fingerprint density at radius 2 is 2.22 bits per heavy atom. The first kappa shape index (κ1) is 13.0. The van der Waals surface area contributed by atoms with E-state index < -0.39 is 0 Å². The fourth-order valence-electron chi connectivity index (χ4n) is 2.13. The second-order valence-electron chi connectivity index (χ2n) is 4.60. The Hall–Kier alpha value is -1.43. The highest BCUT2D eigenvalue weighted by molar-refractivity contribution is 5.93. The van der Waals surface area contributed by atoms with Crippen molar-refractivity contribution >= 4 is 5.91 Å². The van der Waals surface area contributed by atoms with Gasteiger partial charge in [0.2, 0.25) is 0 Å². The summed E-state index contributed by atoms with van der Waals surface area (Å²) < 4.78 is 5.37. The van der Waals surface area contributed by atoms with E-state index in [1.807, 2.05) is 12.1 Å². The zero-order valence-electron chi connectivity index (χ0n) is 10.6. The maximum Gasteiger partial charge on any atom is 0.265 e. The first-order valence-electron chi connectivity index (χ1n) is 6.08. The van der Waals surface area contributed by atoms with Crippen LogP contribution in [0.2, 0.25) is 0 Å². The van der Waals surface area contributed by atoms with Gasteiger partial charge in [-0.2, -0.15) is 0 Å². The molecule has 1 atom stereocenters. The number of nitrogen functional groups attached to an aromatic ring is 1. The molecule has 1 aromatic rings. The Kier molecular flexibility index (Phi) is 4.30. The number of rotatable bonds is 4. The van der Waals surface area contributed by atoms with Gasteiger partial charge in [0.1, 0.15) is 0 Å². The maximum atomic E-state index is 11.3. The van der Waals surface area contributed by atoms with Crippen molar-refractivity contribution in [1.29, 1.82) is 0 Å². The van der Waals surface area contributed by atoms with Crippen LogP contribution in [0.4, 0.5) is 0 Å². The summed E-state index contributed by atoms with van der Waals surface area (Å²) in [4.78, 5) is 13.6. The van der Waals surface area contributed by atoms with Gasteiger partial charge in [-0.1, -0.05) is 12.1 Å². The summed E-state index contributed by atoms with van der Waals surface area (Å²) in [6.45, 7) is 2.52. The van der Waals surface area contributed by atoms with Crippen molar-refractivity contribution in [2.24, 2.45) is 5.84 Å².